The van der Waals surface area contributed by atoms with E-state index < -0.39 is 12.2 Å². The Morgan fingerprint density at radius 3 is 2.62 bits per heavy atom. The Bertz CT molecular complexity index is 282. The maximum absolute atomic E-state index is 12.0. The molecule has 1 atom stereocenters. The minimum Gasteiger partial charge on any atom is -0.320 e. The SMILES string of the molecule is Cc1ncsc1CC(N)C(F)(F)F. The van der Waals surface area contributed by atoms with Gasteiger partial charge in [0, 0.05) is 11.3 Å². The van der Waals surface area contributed by atoms with Gasteiger partial charge in [0.25, 0.3) is 0 Å². The first-order chi connectivity index (χ1) is 5.91. The molecule has 2 N–H and O–H groups in total. The minimum absolute atomic E-state index is 0.181. The van der Waals surface area contributed by atoms with E-state index in [0.29, 0.717) is 10.6 Å². The third kappa shape index (κ3) is 2.67. The number of alkyl halides is 3. The van der Waals surface area contributed by atoms with Gasteiger partial charge in [-0.25, -0.2) is 4.98 Å². The van der Waals surface area contributed by atoms with Crippen LogP contribution in [-0.4, -0.2) is 17.2 Å². The summed E-state index contributed by atoms with van der Waals surface area (Å²) < 4.78 is 36.1. The molecule has 6 heteroatoms. The van der Waals surface area contributed by atoms with E-state index >= 15 is 0 Å². The Balaban J connectivity index is 2.65. The van der Waals surface area contributed by atoms with Crippen LogP contribution in [0.3, 0.4) is 0 Å². The van der Waals surface area contributed by atoms with Gasteiger partial charge in [0.05, 0.1) is 11.2 Å². The molecule has 13 heavy (non-hydrogen) atoms. The van der Waals surface area contributed by atoms with Crippen molar-refractivity contribution in [2.45, 2.75) is 25.6 Å². The molecule has 0 radical (unpaired) electrons. The lowest BCUT2D eigenvalue weighted by Gasteiger charge is -2.14. The van der Waals surface area contributed by atoms with Crippen LogP contribution in [0.5, 0.6) is 0 Å². The van der Waals surface area contributed by atoms with Crippen molar-refractivity contribution in [3.05, 3.63) is 16.1 Å². The van der Waals surface area contributed by atoms with E-state index in [9.17, 15) is 13.2 Å². The first-order valence-electron chi connectivity index (χ1n) is 3.62. The molecule has 0 fully saturated rings. The van der Waals surface area contributed by atoms with Crippen LogP contribution in [0.1, 0.15) is 10.6 Å². The molecule has 0 spiro atoms. The number of hydrogen-bond acceptors (Lipinski definition) is 3. The summed E-state index contributed by atoms with van der Waals surface area (Å²) in [5.41, 5.74) is 7.12. The zero-order chi connectivity index (χ0) is 10.1. The molecule has 0 amide bonds. The predicted molar refractivity (Wildman–Crippen MR) is 44.6 cm³/mol. The van der Waals surface area contributed by atoms with Gasteiger partial charge in [0.2, 0.25) is 0 Å². The first kappa shape index (κ1) is 10.5. The van der Waals surface area contributed by atoms with Crippen molar-refractivity contribution in [1.82, 2.24) is 4.98 Å². The number of halogens is 3. The Hall–Kier alpha value is -0.620. The Labute approximate surface area is 77.6 Å². The fourth-order valence-corrected chi connectivity index (χ4v) is 1.67. The number of aromatic nitrogens is 1. The average molecular weight is 210 g/mol. The summed E-state index contributed by atoms with van der Waals surface area (Å²) in [7, 11) is 0. The lowest BCUT2D eigenvalue weighted by atomic mass is 10.2. The molecule has 0 aliphatic carbocycles. The maximum Gasteiger partial charge on any atom is 0.403 e. The van der Waals surface area contributed by atoms with Crippen molar-refractivity contribution in [3.63, 3.8) is 0 Å². The molecule has 0 aliphatic rings. The molecule has 1 heterocycles. The molecule has 1 aromatic heterocycles. The van der Waals surface area contributed by atoms with E-state index in [2.05, 4.69) is 4.98 Å². The van der Waals surface area contributed by atoms with Gasteiger partial charge in [-0.15, -0.1) is 11.3 Å². The van der Waals surface area contributed by atoms with Crippen LogP contribution in [-0.2, 0) is 6.42 Å². The van der Waals surface area contributed by atoms with Gasteiger partial charge in [0.15, 0.2) is 0 Å². The number of nitrogens with zero attached hydrogens (tertiary/aromatic N) is 1. The molecule has 0 aliphatic heterocycles. The van der Waals surface area contributed by atoms with Crippen LogP contribution < -0.4 is 5.73 Å². The highest BCUT2D eigenvalue weighted by atomic mass is 32.1. The van der Waals surface area contributed by atoms with Gasteiger partial charge < -0.3 is 5.73 Å². The summed E-state index contributed by atoms with van der Waals surface area (Å²) in [6.45, 7) is 1.68. The number of aryl methyl sites for hydroxylation is 1. The summed E-state index contributed by atoms with van der Waals surface area (Å²) in [6, 6.07) is -1.79. The van der Waals surface area contributed by atoms with Crippen molar-refractivity contribution in [2.75, 3.05) is 0 Å². The highest BCUT2D eigenvalue weighted by Crippen LogP contribution is 2.23. The van der Waals surface area contributed by atoms with Gasteiger partial charge in [-0.3, -0.25) is 0 Å². The molecule has 0 bridgehead atoms. The smallest absolute Gasteiger partial charge is 0.320 e. The lowest BCUT2D eigenvalue weighted by Crippen LogP contribution is -2.39. The fourth-order valence-electron chi connectivity index (χ4n) is 0.838. The minimum atomic E-state index is -4.32. The average Bonchev–Trinajstić information content (AvgIpc) is 2.34. The highest BCUT2D eigenvalue weighted by molar-refractivity contribution is 7.09. The maximum atomic E-state index is 12.0. The quantitative estimate of drug-likeness (QED) is 0.809. The van der Waals surface area contributed by atoms with E-state index in [-0.39, 0.29) is 6.42 Å². The fraction of sp³-hybridized carbons (Fsp3) is 0.571. The molecular formula is C7H9F3N2S. The third-order valence-electron chi connectivity index (χ3n) is 1.67. The Kier molecular flexibility index (Phi) is 2.92. The lowest BCUT2D eigenvalue weighted by molar-refractivity contribution is -0.147. The van der Waals surface area contributed by atoms with Crippen molar-refractivity contribution >= 4 is 11.3 Å². The zero-order valence-corrected chi connectivity index (χ0v) is 7.75. The van der Waals surface area contributed by atoms with E-state index in [1.165, 1.54) is 16.8 Å². The van der Waals surface area contributed by atoms with Crippen molar-refractivity contribution in [2.24, 2.45) is 5.73 Å². The summed E-state index contributed by atoms with van der Waals surface area (Å²) in [5.74, 6) is 0. The van der Waals surface area contributed by atoms with Gasteiger partial charge in [-0.2, -0.15) is 13.2 Å². The molecule has 2 nitrogen and oxygen atoms in total. The Morgan fingerprint density at radius 2 is 2.23 bits per heavy atom. The number of rotatable bonds is 2. The molecule has 0 saturated heterocycles. The van der Waals surface area contributed by atoms with E-state index in [1.54, 1.807) is 6.92 Å². The van der Waals surface area contributed by atoms with Crippen LogP contribution in [0, 0.1) is 6.92 Å². The third-order valence-corrected chi connectivity index (χ3v) is 2.63. The van der Waals surface area contributed by atoms with E-state index in [0.717, 1.165) is 0 Å². The highest BCUT2D eigenvalue weighted by Gasteiger charge is 2.37. The van der Waals surface area contributed by atoms with Crippen LogP contribution in [0.2, 0.25) is 0 Å². The number of thiazole rings is 1. The normalized spacial score (nSPS) is 14.5. The summed E-state index contributed by atoms with van der Waals surface area (Å²) in [6.07, 6.45) is -4.50. The molecule has 1 rings (SSSR count). The van der Waals surface area contributed by atoms with Gasteiger partial charge in [0.1, 0.15) is 6.04 Å². The van der Waals surface area contributed by atoms with E-state index in [4.69, 9.17) is 5.73 Å². The molecule has 1 aromatic rings. The second-order valence-electron chi connectivity index (χ2n) is 2.71. The topological polar surface area (TPSA) is 38.9 Å². The second-order valence-corrected chi connectivity index (χ2v) is 3.65. The molecule has 0 aromatic carbocycles. The van der Waals surface area contributed by atoms with Crippen molar-refractivity contribution in [3.8, 4) is 0 Å². The second kappa shape index (κ2) is 3.63. The molecule has 74 valence electrons. The van der Waals surface area contributed by atoms with Crippen molar-refractivity contribution in [1.29, 1.82) is 0 Å². The van der Waals surface area contributed by atoms with E-state index in [1.807, 2.05) is 0 Å². The van der Waals surface area contributed by atoms with Gasteiger partial charge in [-0.1, -0.05) is 0 Å². The predicted octanol–water partition coefficient (Wildman–Crippen LogP) is 1.88. The van der Waals surface area contributed by atoms with Crippen LogP contribution >= 0.6 is 11.3 Å². The van der Waals surface area contributed by atoms with Crippen LogP contribution in [0.4, 0.5) is 13.2 Å². The Morgan fingerprint density at radius 1 is 1.62 bits per heavy atom. The summed E-state index contributed by atoms with van der Waals surface area (Å²) in [5, 5.41) is 0. The standard InChI is InChI=1S/C7H9F3N2S/c1-4-5(13-3-12-4)2-6(11)7(8,9)10/h3,6H,2,11H2,1H3. The largest absolute Gasteiger partial charge is 0.403 e. The molecule has 1 unspecified atom stereocenters. The summed E-state index contributed by atoms with van der Waals surface area (Å²) >= 11 is 1.20. The first-order valence-corrected chi connectivity index (χ1v) is 4.50. The van der Waals surface area contributed by atoms with Gasteiger partial charge >= 0.3 is 6.18 Å². The number of hydrogen-bond donors (Lipinski definition) is 1. The van der Waals surface area contributed by atoms with Crippen molar-refractivity contribution < 1.29 is 13.2 Å². The molecule has 0 saturated carbocycles. The van der Waals surface area contributed by atoms with Crippen LogP contribution in [0.15, 0.2) is 5.51 Å². The summed E-state index contributed by atoms with van der Waals surface area (Å²) in [4.78, 5) is 4.45. The van der Waals surface area contributed by atoms with Gasteiger partial charge in [-0.05, 0) is 6.92 Å². The zero-order valence-electron chi connectivity index (χ0n) is 6.93. The number of nitrogens with two attached hydrogens (primary N) is 1. The molecular weight excluding hydrogens is 201 g/mol. The van der Waals surface area contributed by atoms with Crippen LogP contribution in [0.25, 0.3) is 0 Å². The monoisotopic (exact) mass is 210 g/mol.